The zero-order valence-corrected chi connectivity index (χ0v) is 17.1. The Morgan fingerprint density at radius 2 is 1.93 bits per heavy atom. The van der Waals surface area contributed by atoms with Gasteiger partial charge in [-0.2, -0.15) is 0 Å². The molecule has 9 nitrogen and oxygen atoms in total. The molecule has 1 amide bonds. The van der Waals surface area contributed by atoms with Crippen LogP contribution in [0.2, 0.25) is 0 Å². The number of aliphatic hydroxyl groups excluding tert-OH is 1. The molecular formula is C21H27N5O4. The van der Waals surface area contributed by atoms with Crippen molar-refractivity contribution >= 4 is 17.3 Å². The molecule has 2 aliphatic heterocycles. The molecule has 0 aliphatic carbocycles. The number of hydrogen-bond donors (Lipinski definition) is 1. The summed E-state index contributed by atoms with van der Waals surface area (Å²) in [4.78, 5) is 31.9. The Kier molecular flexibility index (Phi) is 5.72. The topological polar surface area (TPSA) is 105 Å². The zero-order valence-electron chi connectivity index (χ0n) is 17.1. The third-order valence-corrected chi connectivity index (χ3v) is 6.27. The Morgan fingerprint density at radius 1 is 1.23 bits per heavy atom. The number of nitrogens with zero attached hydrogens (tertiary/aromatic N) is 5. The number of carbonyl (C=O) groups is 1. The van der Waals surface area contributed by atoms with Crippen molar-refractivity contribution in [3.63, 3.8) is 0 Å². The number of anilines is 1. The van der Waals surface area contributed by atoms with E-state index in [9.17, 15) is 20.0 Å². The molecule has 3 heterocycles. The molecule has 1 aromatic carbocycles. The maximum Gasteiger partial charge on any atom is 0.282 e. The number of imidazole rings is 1. The fraction of sp³-hybridized carbons (Fsp3) is 0.524. The molecule has 0 spiro atoms. The monoisotopic (exact) mass is 413 g/mol. The van der Waals surface area contributed by atoms with Crippen LogP contribution in [0, 0.1) is 16.0 Å². The van der Waals surface area contributed by atoms with Crippen LogP contribution in [-0.2, 0) is 7.05 Å². The number of benzene rings is 1. The summed E-state index contributed by atoms with van der Waals surface area (Å²) in [6, 6.07) is 4.82. The first-order valence-corrected chi connectivity index (χ1v) is 10.4. The minimum absolute atomic E-state index is 0.103. The van der Waals surface area contributed by atoms with Crippen molar-refractivity contribution in [1.29, 1.82) is 0 Å². The summed E-state index contributed by atoms with van der Waals surface area (Å²) in [6.45, 7) is 2.72. The van der Waals surface area contributed by atoms with E-state index in [0.717, 1.165) is 31.4 Å². The first kappa shape index (κ1) is 20.3. The normalized spacial score (nSPS) is 18.6. The molecule has 9 heteroatoms. The highest BCUT2D eigenvalue weighted by Crippen LogP contribution is 2.33. The van der Waals surface area contributed by atoms with Gasteiger partial charge in [-0.1, -0.05) is 0 Å². The first-order chi connectivity index (χ1) is 14.5. The highest BCUT2D eigenvalue weighted by atomic mass is 16.6. The molecule has 2 fully saturated rings. The zero-order chi connectivity index (χ0) is 21.3. The van der Waals surface area contributed by atoms with Gasteiger partial charge in [-0.3, -0.25) is 14.9 Å². The summed E-state index contributed by atoms with van der Waals surface area (Å²) < 4.78 is 1.84. The lowest BCUT2D eigenvalue weighted by Crippen LogP contribution is -2.36. The fourth-order valence-corrected chi connectivity index (χ4v) is 4.49. The second-order valence-electron chi connectivity index (χ2n) is 8.12. The number of carbonyl (C=O) groups excluding carboxylic acids is 1. The summed E-state index contributed by atoms with van der Waals surface area (Å²) >= 11 is 0. The Balaban J connectivity index is 1.49. The van der Waals surface area contributed by atoms with Gasteiger partial charge in [0.2, 0.25) is 0 Å². The van der Waals surface area contributed by atoms with Gasteiger partial charge in [0.15, 0.2) is 0 Å². The van der Waals surface area contributed by atoms with E-state index in [2.05, 4.69) is 9.88 Å². The van der Waals surface area contributed by atoms with Gasteiger partial charge in [-0.05, 0) is 43.7 Å². The van der Waals surface area contributed by atoms with Crippen LogP contribution in [-0.4, -0.2) is 56.6 Å². The summed E-state index contributed by atoms with van der Waals surface area (Å²) in [6.07, 6.45) is 6.32. The molecule has 4 rings (SSSR count). The summed E-state index contributed by atoms with van der Waals surface area (Å²) in [5.74, 6) is 0.509. The van der Waals surface area contributed by atoms with Gasteiger partial charge in [-0.25, -0.2) is 4.98 Å². The molecule has 2 saturated heterocycles. The van der Waals surface area contributed by atoms with Crippen LogP contribution >= 0.6 is 0 Å². The number of amides is 1. The maximum atomic E-state index is 12.9. The molecule has 2 aliphatic rings. The lowest BCUT2D eigenvalue weighted by Gasteiger charge is -2.35. The minimum atomic E-state index is -0.615. The van der Waals surface area contributed by atoms with E-state index < -0.39 is 11.0 Å². The maximum absolute atomic E-state index is 12.9. The number of aryl methyl sites for hydroxylation is 1. The highest BCUT2D eigenvalue weighted by Gasteiger charge is 2.31. The Labute approximate surface area is 175 Å². The second-order valence-corrected chi connectivity index (χ2v) is 8.12. The standard InChI is InChI=1S/C21H27N5O4/c1-23-13-8-22-20(23)19(27)15-6-11-24(12-7-15)16-4-5-18(26(29)30)17(14-16)21(28)25-9-2-3-10-25/h4-5,8,13-15,19,27H,2-3,6-7,9-12H2,1H3. The summed E-state index contributed by atoms with van der Waals surface area (Å²) in [7, 11) is 1.87. The van der Waals surface area contributed by atoms with E-state index in [1.54, 1.807) is 23.2 Å². The third-order valence-electron chi connectivity index (χ3n) is 6.27. The molecule has 2 aromatic rings. The van der Waals surface area contributed by atoms with Crippen molar-refractivity contribution in [2.75, 3.05) is 31.1 Å². The van der Waals surface area contributed by atoms with Gasteiger partial charge in [0.25, 0.3) is 11.6 Å². The predicted octanol–water partition coefficient (Wildman–Crippen LogP) is 2.51. The van der Waals surface area contributed by atoms with Crippen molar-refractivity contribution in [3.05, 3.63) is 52.1 Å². The fourth-order valence-electron chi connectivity index (χ4n) is 4.49. The second kappa shape index (κ2) is 8.43. The van der Waals surface area contributed by atoms with Crippen molar-refractivity contribution in [2.45, 2.75) is 31.8 Å². The van der Waals surface area contributed by atoms with Crippen molar-refractivity contribution < 1.29 is 14.8 Å². The number of likely N-dealkylation sites (tertiary alicyclic amines) is 1. The molecule has 30 heavy (non-hydrogen) atoms. The Hall–Kier alpha value is -2.94. The number of piperidine rings is 1. The molecule has 1 N–H and O–H groups in total. The van der Waals surface area contributed by atoms with Gasteiger partial charge < -0.3 is 19.5 Å². The highest BCUT2D eigenvalue weighted by molar-refractivity contribution is 5.99. The van der Waals surface area contributed by atoms with Gasteiger partial charge in [0.1, 0.15) is 17.5 Å². The Morgan fingerprint density at radius 3 is 2.53 bits per heavy atom. The molecule has 1 unspecified atom stereocenters. The van der Waals surface area contributed by atoms with Crippen LogP contribution in [0.1, 0.15) is 48.0 Å². The third kappa shape index (κ3) is 3.89. The lowest BCUT2D eigenvalue weighted by molar-refractivity contribution is -0.385. The van der Waals surface area contributed by atoms with Gasteiger partial charge in [-0.15, -0.1) is 0 Å². The van der Waals surface area contributed by atoms with E-state index in [1.807, 2.05) is 17.8 Å². The molecule has 1 atom stereocenters. The van der Waals surface area contributed by atoms with Crippen LogP contribution < -0.4 is 4.90 Å². The van der Waals surface area contributed by atoms with Gasteiger partial charge in [0, 0.05) is 57.4 Å². The van der Waals surface area contributed by atoms with E-state index >= 15 is 0 Å². The predicted molar refractivity (Wildman–Crippen MR) is 111 cm³/mol. The molecule has 0 saturated carbocycles. The van der Waals surface area contributed by atoms with Crippen LogP contribution in [0.15, 0.2) is 30.6 Å². The minimum Gasteiger partial charge on any atom is -0.385 e. The van der Waals surface area contributed by atoms with Crippen LogP contribution in [0.4, 0.5) is 11.4 Å². The summed E-state index contributed by atoms with van der Waals surface area (Å²) in [5.41, 5.74) is 0.832. The molecule has 1 aromatic heterocycles. The average molecular weight is 413 g/mol. The first-order valence-electron chi connectivity index (χ1n) is 10.4. The van der Waals surface area contributed by atoms with Gasteiger partial charge >= 0.3 is 0 Å². The van der Waals surface area contributed by atoms with Crippen LogP contribution in [0.5, 0.6) is 0 Å². The van der Waals surface area contributed by atoms with Crippen molar-refractivity contribution in [2.24, 2.45) is 13.0 Å². The average Bonchev–Trinajstić information content (AvgIpc) is 3.44. The molecule has 160 valence electrons. The van der Waals surface area contributed by atoms with E-state index in [1.165, 1.54) is 6.07 Å². The van der Waals surface area contributed by atoms with E-state index in [0.29, 0.717) is 32.0 Å². The lowest BCUT2D eigenvalue weighted by atomic mass is 9.90. The van der Waals surface area contributed by atoms with Crippen LogP contribution in [0.3, 0.4) is 0 Å². The quantitative estimate of drug-likeness (QED) is 0.597. The van der Waals surface area contributed by atoms with Crippen LogP contribution in [0.25, 0.3) is 0 Å². The number of rotatable bonds is 5. The number of nitro groups is 1. The van der Waals surface area contributed by atoms with E-state index in [4.69, 9.17) is 0 Å². The molecule has 0 bridgehead atoms. The smallest absolute Gasteiger partial charge is 0.282 e. The van der Waals surface area contributed by atoms with E-state index in [-0.39, 0.29) is 23.1 Å². The number of aliphatic hydroxyl groups is 1. The van der Waals surface area contributed by atoms with Gasteiger partial charge in [0.05, 0.1) is 4.92 Å². The number of hydrogen-bond acceptors (Lipinski definition) is 6. The Bertz CT molecular complexity index is 929. The molecular weight excluding hydrogens is 386 g/mol. The summed E-state index contributed by atoms with van der Waals surface area (Å²) in [5, 5.41) is 22.2. The van der Waals surface area contributed by atoms with Crippen molar-refractivity contribution in [1.82, 2.24) is 14.5 Å². The molecule has 0 radical (unpaired) electrons. The van der Waals surface area contributed by atoms with Crippen molar-refractivity contribution in [3.8, 4) is 0 Å². The SMILES string of the molecule is Cn1ccnc1C(O)C1CCN(c2ccc([N+](=O)[O-])c(C(=O)N3CCCC3)c2)CC1. The number of aromatic nitrogens is 2. The number of nitro benzene ring substituents is 1. The largest absolute Gasteiger partial charge is 0.385 e.